The highest BCUT2D eigenvalue weighted by Gasteiger charge is 2.13. The molecule has 5 rings (SSSR count). The predicted octanol–water partition coefficient (Wildman–Crippen LogP) is 6.09. The fraction of sp³-hybridized carbons (Fsp3) is 0.0833. The Morgan fingerprint density at radius 3 is 2.37 bits per heavy atom. The number of fused-ring (bicyclic) bond motifs is 1. The van der Waals surface area contributed by atoms with Crippen molar-refractivity contribution in [1.29, 1.82) is 0 Å². The van der Waals surface area contributed by atoms with E-state index in [9.17, 15) is 4.39 Å². The van der Waals surface area contributed by atoms with E-state index in [1.807, 2.05) is 61.0 Å². The number of para-hydroxylation sites is 1. The molecular formula is C24H19FN4O. The molecule has 30 heavy (non-hydrogen) atoms. The molecule has 0 aliphatic carbocycles. The van der Waals surface area contributed by atoms with E-state index < -0.39 is 0 Å². The summed E-state index contributed by atoms with van der Waals surface area (Å²) in [6, 6.07) is 20.4. The summed E-state index contributed by atoms with van der Waals surface area (Å²) in [5.41, 5.74) is 5.53. The van der Waals surface area contributed by atoms with Gasteiger partial charge in [-0.05, 0) is 60.7 Å². The Hall–Kier alpha value is -3.93. The lowest BCUT2D eigenvalue weighted by molar-refractivity contribution is 0.534. The van der Waals surface area contributed by atoms with Crippen LogP contribution in [-0.2, 0) is 7.05 Å². The van der Waals surface area contributed by atoms with Crippen LogP contribution in [0.3, 0.4) is 0 Å². The summed E-state index contributed by atoms with van der Waals surface area (Å²) in [5, 5.41) is 3.45. The van der Waals surface area contributed by atoms with Gasteiger partial charge in [0.15, 0.2) is 11.7 Å². The molecule has 0 amide bonds. The minimum Gasteiger partial charge on any atom is -0.441 e. The van der Waals surface area contributed by atoms with Crippen LogP contribution < -0.4 is 5.32 Å². The summed E-state index contributed by atoms with van der Waals surface area (Å²) < 4.78 is 20.9. The van der Waals surface area contributed by atoms with E-state index in [0.717, 1.165) is 45.1 Å². The van der Waals surface area contributed by atoms with E-state index in [2.05, 4.69) is 10.3 Å². The number of oxazole rings is 1. The smallest absolute Gasteiger partial charge is 0.191 e. The summed E-state index contributed by atoms with van der Waals surface area (Å²) in [7, 11) is 1.96. The second-order valence-electron chi connectivity index (χ2n) is 7.12. The third-order valence-corrected chi connectivity index (χ3v) is 5.08. The van der Waals surface area contributed by atoms with E-state index in [0.29, 0.717) is 5.89 Å². The van der Waals surface area contributed by atoms with Gasteiger partial charge in [-0.15, -0.1) is 0 Å². The monoisotopic (exact) mass is 398 g/mol. The van der Waals surface area contributed by atoms with Crippen LogP contribution in [0.4, 0.5) is 15.8 Å². The normalized spacial score (nSPS) is 11.2. The Morgan fingerprint density at radius 2 is 1.67 bits per heavy atom. The number of rotatable bonds is 4. The quantitative estimate of drug-likeness (QED) is 0.398. The maximum atomic E-state index is 13.3. The van der Waals surface area contributed by atoms with Crippen LogP contribution in [-0.4, -0.2) is 14.5 Å². The first kappa shape index (κ1) is 18.1. The molecule has 0 fully saturated rings. The second-order valence-corrected chi connectivity index (χ2v) is 7.12. The summed E-state index contributed by atoms with van der Waals surface area (Å²) in [4.78, 5) is 8.97. The highest BCUT2D eigenvalue weighted by molar-refractivity contribution is 5.93. The van der Waals surface area contributed by atoms with Crippen molar-refractivity contribution in [3.63, 3.8) is 0 Å². The van der Waals surface area contributed by atoms with Gasteiger partial charge < -0.3 is 14.3 Å². The Bertz CT molecular complexity index is 1330. The summed E-state index contributed by atoms with van der Waals surface area (Å²) in [6.07, 6.45) is 1.73. The van der Waals surface area contributed by atoms with E-state index in [4.69, 9.17) is 9.40 Å². The Kier molecular flexibility index (Phi) is 4.32. The number of hydrogen-bond donors (Lipinski definition) is 1. The minimum atomic E-state index is -0.260. The number of nitrogens with one attached hydrogen (secondary N) is 1. The average Bonchev–Trinajstić information content (AvgIpc) is 3.34. The topological polar surface area (TPSA) is 55.9 Å². The molecule has 148 valence electrons. The number of aromatic nitrogens is 3. The van der Waals surface area contributed by atoms with Crippen LogP contribution in [0.25, 0.3) is 33.7 Å². The number of aryl methyl sites for hydroxylation is 2. The van der Waals surface area contributed by atoms with Gasteiger partial charge in [0.1, 0.15) is 17.2 Å². The van der Waals surface area contributed by atoms with E-state index in [1.54, 1.807) is 18.3 Å². The fourth-order valence-electron chi connectivity index (χ4n) is 3.54. The zero-order valence-corrected chi connectivity index (χ0v) is 16.6. The molecule has 0 radical (unpaired) electrons. The van der Waals surface area contributed by atoms with Gasteiger partial charge in [0.2, 0.25) is 0 Å². The second kappa shape index (κ2) is 7.15. The molecular weight excluding hydrogens is 379 g/mol. The zero-order chi connectivity index (χ0) is 20.7. The van der Waals surface area contributed by atoms with Crippen LogP contribution in [0, 0.1) is 12.7 Å². The van der Waals surface area contributed by atoms with Gasteiger partial charge >= 0.3 is 0 Å². The first-order chi connectivity index (χ1) is 14.6. The van der Waals surface area contributed by atoms with Crippen molar-refractivity contribution in [3.05, 3.63) is 84.6 Å². The molecule has 3 aromatic carbocycles. The summed E-state index contributed by atoms with van der Waals surface area (Å²) in [6.45, 7) is 1.83. The minimum absolute atomic E-state index is 0.260. The molecule has 2 aromatic heterocycles. The molecule has 0 saturated heterocycles. The van der Waals surface area contributed by atoms with E-state index >= 15 is 0 Å². The van der Waals surface area contributed by atoms with Crippen molar-refractivity contribution in [2.45, 2.75) is 6.92 Å². The van der Waals surface area contributed by atoms with Gasteiger partial charge in [0.05, 0.1) is 17.4 Å². The highest BCUT2D eigenvalue weighted by atomic mass is 19.1. The standard InChI is InChI=1S/C24H19FN4O/c1-15-26-14-22(30-15)16-8-12-19(13-9-16)27-20-4-3-5-21-23(20)28-24(29(21)2)17-6-10-18(25)11-7-17/h3-14,27H,1-2H3. The number of imidazole rings is 1. The van der Waals surface area contributed by atoms with Crippen molar-refractivity contribution < 1.29 is 8.81 Å². The lowest BCUT2D eigenvalue weighted by Gasteiger charge is -2.08. The lowest BCUT2D eigenvalue weighted by atomic mass is 10.1. The van der Waals surface area contributed by atoms with Crippen molar-refractivity contribution in [3.8, 4) is 22.7 Å². The predicted molar refractivity (Wildman–Crippen MR) is 116 cm³/mol. The Labute approximate surface area is 172 Å². The van der Waals surface area contributed by atoms with Gasteiger partial charge in [0, 0.05) is 30.8 Å². The number of halogens is 1. The molecule has 5 aromatic rings. The third kappa shape index (κ3) is 3.22. The lowest BCUT2D eigenvalue weighted by Crippen LogP contribution is -1.93. The van der Waals surface area contributed by atoms with Crippen LogP contribution in [0.1, 0.15) is 5.89 Å². The first-order valence-electron chi connectivity index (χ1n) is 9.60. The average molecular weight is 398 g/mol. The van der Waals surface area contributed by atoms with Crippen LogP contribution in [0.15, 0.2) is 77.3 Å². The maximum Gasteiger partial charge on any atom is 0.191 e. The SMILES string of the molecule is Cc1ncc(-c2ccc(Nc3cccc4c3nc(-c3ccc(F)cc3)n4C)cc2)o1. The van der Waals surface area contributed by atoms with E-state index in [1.165, 1.54) is 12.1 Å². The maximum absolute atomic E-state index is 13.3. The zero-order valence-electron chi connectivity index (χ0n) is 16.6. The van der Waals surface area contributed by atoms with Gasteiger partial charge in [-0.25, -0.2) is 14.4 Å². The largest absolute Gasteiger partial charge is 0.441 e. The van der Waals surface area contributed by atoms with Gasteiger partial charge in [-0.3, -0.25) is 0 Å². The molecule has 2 heterocycles. The van der Waals surface area contributed by atoms with Crippen molar-refractivity contribution >= 4 is 22.4 Å². The molecule has 5 nitrogen and oxygen atoms in total. The Balaban J connectivity index is 1.49. The van der Waals surface area contributed by atoms with Crippen molar-refractivity contribution in [1.82, 2.24) is 14.5 Å². The molecule has 0 spiro atoms. The number of benzene rings is 3. The van der Waals surface area contributed by atoms with Crippen LogP contribution in [0.2, 0.25) is 0 Å². The number of anilines is 2. The van der Waals surface area contributed by atoms with Gasteiger partial charge in [-0.1, -0.05) is 6.07 Å². The first-order valence-corrected chi connectivity index (χ1v) is 9.60. The summed E-state index contributed by atoms with van der Waals surface area (Å²) in [5.74, 6) is 1.92. The van der Waals surface area contributed by atoms with Crippen molar-refractivity contribution in [2.75, 3.05) is 5.32 Å². The van der Waals surface area contributed by atoms with Crippen LogP contribution >= 0.6 is 0 Å². The van der Waals surface area contributed by atoms with Gasteiger partial charge in [0.25, 0.3) is 0 Å². The number of hydrogen-bond acceptors (Lipinski definition) is 4. The molecule has 0 atom stereocenters. The number of nitrogens with zero attached hydrogens (tertiary/aromatic N) is 3. The van der Waals surface area contributed by atoms with E-state index in [-0.39, 0.29) is 5.82 Å². The van der Waals surface area contributed by atoms with Gasteiger partial charge in [-0.2, -0.15) is 0 Å². The molecule has 6 heteroatoms. The molecule has 0 unspecified atom stereocenters. The molecule has 0 aliphatic rings. The highest BCUT2D eigenvalue weighted by Crippen LogP contribution is 2.31. The summed E-state index contributed by atoms with van der Waals surface area (Å²) >= 11 is 0. The third-order valence-electron chi connectivity index (χ3n) is 5.08. The molecule has 0 saturated carbocycles. The molecule has 0 aliphatic heterocycles. The molecule has 0 bridgehead atoms. The fourth-order valence-corrected chi connectivity index (χ4v) is 3.54. The Morgan fingerprint density at radius 1 is 0.933 bits per heavy atom. The van der Waals surface area contributed by atoms with Crippen LogP contribution in [0.5, 0.6) is 0 Å². The van der Waals surface area contributed by atoms with Crippen molar-refractivity contribution in [2.24, 2.45) is 7.05 Å². The molecule has 1 N–H and O–H groups in total.